The zero-order valence-electron chi connectivity index (χ0n) is 11.3. The van der Waals surface area contributed by atoms with Crippen LogP contribution in [0.2, 0.25) is 0 Å². The van der Waals surface area contributed by atoms with Crippen LogP contribution in [0.25, 0.3) is 0 Å². The van der Waals surface area contributed by atoms with E-state index >= 15 is 0 Å². The summed E-state index contributed by atoms with van der Waals surface area (Å²) in [4.78, 5) is 11.2. The molecule has 1 aromatic rings. The molecule has 0 aromatic heterocycles. The summed E-state index contributed by atoms with van der Waals surface area (Å²) >= 11 is 0. The molecular formula is C13H18O5S. The molecule has 0 bridgehead atoms. The molecule has 1 rings (SSSR count). The van der Waals surface area contributed by atoms with Gasteiger partial charge in [0, 0.05) is 0 Å². The van der Waals surface area contributed by atoms with Gasteiger partial charge in [0.25, 0.3) is 0 Å². The third-order valence-corrected chi connectivity index (χ3v) is 4.41. The van der Waals surface area contributed by atoms with E-state index in [0.29, 0.717) is 11.3 Å². The SMILES string of the molecule is COC(=O)C(C)CS(=O)(=O)Cc1cccc(OC)c1. The Hall–Kier alpha value is -1.56. The Morgan fingerprint density at radius 2 is 2.00 bits per heavy atom. The van der Waals surface area contributed by atoms with Crippen LogP contribution in [-0.4, -0.2) is 34.4 Å². The third-order valence-electron chi connectivity index (χ3n) is 2.63. The van der Waals surface area contributed by atoms with E-state index < -0.39 is 21.7 Å². The molecular weight excluding hydrogens is 268 g/mol. The van der Waals surface area contributed by atoms with Crippen molar-refractivity contribution < 1.29 is 22.7 Å². The third kappa shape index (κ3) is 4.90. The van der Waals surface area contributed by atoms with Crippen LogP contribution in [0.4, 0.5) is 0 Å². The smallest absolute Gasteiger partial charge is 0.309 e. The molecule has 1 aromatic carbocycles. The van der Waals surface area contributed by atoms with E-state index in [-0.39, 0.29) is 11.5 Å². The van der Waals surface area contributed by atoms with Crippen molar-refractivity contribution >= 4 is 15.8 Å². The van der Waals surface area contributed by atoms with Crippen molar-refractivity contribution in [3.8, 4) is 5.75 Å². The number of esters is 1. The van der Waals surface area contributed by atoms with Crippen LogP contribution < -0.4 is 4.74 Å². The van der Waals surface area contributed by atoms with Crippen LogP contribution in [0.1, 0.15) is 12.5 Å². The number of rotatable bonds is 6. The van der Waals surface area contributed by atoms with E-state index in [0.717, 1.165) is 0 Å². The van der Waals surface area contributed by atoms with Crippen LogP contribution in [0.5, 0.6) is 5.75 Å². The van der Waals surface area contributed by atoms with E-state index in [2.05, 4.69) is 4.74 Å². The fraction of sp³-hybridized carbons (Fsp3) is 0.462. The Kier molecular flexibility index (Phi) is 5.35. The van der Waals surface area contributed by atoms with Crippen LogP contribution in [0.15, 0.2) is 24.3 Å². The zero-order valence-corrected chi connectivity index (χ0v) is 12.1. The molecule has 0 aliphatic carbocycles. The molecule has 1 unspecified atom stereocenters. The maximum atomic E-state index is 12.0. The summed E-state index contributed by atoms with van der Waals surface area (Å²) < 4.78 is 33.5. The molecule has 0 spiro atoms. The molecule has 0 amide bonds. The Bertz CT molecular complexity index is 536. The average molecular weight is 286 g/mol. The minimum atomic E-state index is -3.37. The van der Waals surface area contributed by atoms with Gasteiger partial charge in [-0.1, -0.05) is 19.1 Å². The Morgan fingerprint density at radius 1 is 1.32 bits per heavy atom. The summed E-state index contributed by atoms with van der Waals surface area (Å²) in [5.74, 6) is -0.925. The van der Waals surface area contributed by atoms with Gasteiger partial charge in [0.2, 0.25) is 0 Å². The van der Waals surface area contributed by atoms with Crippen LogP contribution in [0.3, 0.4) is 0 Å². The Labute approximate surface area is 113 Å². The fourth-order valence-corrected chi connectivity index (χ4v) is 3.43. The van der Waals surface area contributed by atoms with E-state index in [9.17, 15) is 13.2 Å². The van der Waals surface area contributed by atoms with Gasteiger partial charge in [0.05, 0.1) is 31.6 Å². The lowest BCUT2D eigenvalue weighted by Gasteiger charge is -2.10. The van der Waals surface area contributed by atoms with E-state index in [1.807, 2.05) is 0 Å². The number of ether oxygens (including phenoxy) is 2. The van der Waals surface area contributed by atoms with Gasteiger partial charge < -0.3 is 9.47 Å². The number of methoxy groups -OCH3 is 2. The van der Waals surface area contributed by atoms with Gasteiger partial charge in [0.15, 0.2) is 9.84 Å². The second-order valence-corrected chi connectivity index (χ2v) is 6.44. The molecule has 19 heavy (non-hydrogen) atoms. The lowest BCUT2D eigenvalue weighted by molar-refractivity contribution is -0.144. The minimum absolute atomic E-state index is 0.120. The highest BCUT2D eigenvalue weighted by atomic mass is 32.2. The molecule has 0 N–H and O–H groups in total. The highest BCUT2D eigenvalue weighted by Crippen LogP contribution is 2.16. The Balaban J connectivity index is 2.76. The molecule has 106 valence electrons. The quantitative estimate of drug-likeness (QED) is 0.740. The van der Waals surface area contributed by atoms with Crippen molar-refractivity contribution in [1.82, 2.24) is 0 Å². The number of sulfone groups is 1. The molecule has 0 aliphatic rings. The van der Waals surface area contributed by atoms with E-state index in [1.165, 1.54) is 21.1 Å². The second-order valence-electron chi connectivity index (χ2n) is 4.33. The summed E-state index contributed by atoms with van der Waals surface area (Å²) in [5.41, 5.74) is 0.636. The highest BCUT2D eigenvalue weighted by molar-refractivity contribution is 7.90. The van der Waals surface area contributed by atoms with Crippen LogP contribution in [-0.2, 0) is 25.1 Å². The van der Waals surface area contributed by atoms with Gasteiger partial charge in [0.1, 0.15) is 5.75 Å². The number of hydrogen-bond acceptors (Lipinski definition) is 5. The number of benzene rings is 1. The van der Waals surface area contributed by atoms with Crippen molar-refractivity contribution in [2.45, 2.75) is 12.7 Å². The fourth-order valence-electron chi connectivity index (χ4n) is 1.73. The summed E-state index contributed by atoms with van der Waals surface area (Å²) in [6, 6.07) is 6.85. The molecule has 0 saturated heterocycles. The predicted molar refractivity (Wildman–Crippen MR) is 71.7 cm³/mol. The van der Waals surface area contributed by atoms with Crippen molar-refractivity contribution in [2.75, 3.05) is 20.0 Å². The van der Waals surface area contributed by atoms with Crippen molar-refractivity contribution in [3.05, 3.63) is 29.8 Å². The first kappa shape index (κ1) is 15.5. The molecule has 0 saturated carbocycles. The zero-order chi connectivity index (χ0) is 14.5. The van der Waals surface area contributed by atoms with E-state index in [1.54, 1.807) is 24.3 Å². The average Bonchev–Trinajstić information content (AvgIpc) is 2.36. The molecule has 0 fully saturated rings. The lowest BCUT2D eigenvalue weighted by Crippen LogP contribution is -2.23. The molecule has 0 aliphatic heterocycles. The summed E-state index contributed by atoms with van der Waals surface area (Å²) in [5, 5.41) is 0. The van der Waals surface area contributed by atoms with Gasteiger partial charge in [-0.2, -0.15) is 0 Å². The maximum absolute atomic E-state index is 12.0. The van der Waals surface area contributed by atoms with Gasteiger partial charge in [-0.15, -0.1) is 0 Å². The largest absolute Gasteiger partial charge is 0.497 e. The van der Waals surface area contributed by atoms with Gasteiger partial charge in [-0.25, -0.2) is 8.42 Å². The molecule has 0 heterocycles. The second kappa shape index (κ2) is 6.56. The lowest BCUT2D eigenvalue weighted by atomic mass is 10.2. The number of hydrogen-bond donors (Lipinski definition) is 0. The monoisotopic (exact) mass is 286 g/mol. The first-order chi connectivity index (χ1) is 8.88. The summed E-state index contributed by atoms with van der Waals surface area (Å²) in [7, 11) is -0.606. The van der Waals surface area contributed by atoms with Crippen molar-refractivity contribution in [1.29, 1.82) is 0 Å². The molecule has 5 nitrogen and oxygen atoms in total. The van der Waals surface area contributed by atoms with Crippen molar-refractivity contribution in [2.24, 2.45) is 5.92 Å². The predicted octanol–water partition coefficient (Wildman–Crippen LogP) is 1.42. The highest BCUT2D eigenvalue weighted by Gasteiger charge is 2.22. The van der Waals surface area contributed by atoms with E-state index in [4.69, 9.17) is 4.74 Å². The topological polar surface area (TPSA) is 69.7 Å². The molecule has 0 radical (unpaired) electrons. The first-order valence-corrected chi connectivity index (χ1v) is 7.61. The minimum Gasteiger partial charge on any atom is -0.497 e. The number of carbonyl (C=O) groups is 1. The molecule has 1 atom stereocenters. The van der Waals surface area contributed by atoms with Gasteiger partial charge in [-0.3, -0.25) is 4.79 Å². The van der Waals surface area contributed by atoms with Crippen LogP contribution >= 0.6 is 0 Å². The standard InChI is InChI=1S/C13H18O5S/c1-10(13(14)18-3)8-19(15,16)9-11-5-4-6-12(7-11)17-2/h4-7,10H,8-9H2,1-3H3. The van der Waals surface area contributed by atoms with Crippen LogP contribution in [0, 0.1) is 5.92 Å². The number of carbonyl (C=O) groups excluding carboxylic acids is 1. The van der Waals surface area contributed by atoms with Crippen molar-refractivity contribution in [3.63, 3.8) is 0 Å². The Morgan fingerprint density at radius 3 is 2.58 bits per heavy atom. The van der Waals surface area contributed by atoms with Gasteiger partial charge >= 0.3 is 5.97 Å². The maximum Gasteiger partial charge on any atom is 0.309 e. The van der Waals surface area contributed by atoms with Gasteiger partial charge in [-0.05, 0) is 17.7 Å². The summed E-state index contributed by atoms with van der Waals surface area (Å²) in [6.07, 6.45) is 0. The first-order valence-electron chi connectivity index (χ1n) is 5.79. The normalized spacial score (nSPS) is 12.8. The molecule has 6 heteroatoms. The summed E-state index contributed by atoms with van der Waals surface area (Å²) in [6.45, 7) is 1.54.